The number of carbonyl (C=O) groups excluding carboxylic acids is 1. The largest absolute Gasteiger partial charge is 0.399 e. The van der Waals surface area contributed by atoms with Gasteiger partial charge in [-0.05, 0) is 46.3 Å². The van der Waals surface area contributed by atoms with Gasteiger partial charge in [-0.2, -0.15) is 0 Å². The molecule has 110 valence electrons. The number of nitrogens with two attached hydrogens (primary N) is 1. The molecule has 2 rings (SSSR count). The number of hydrogen-bond acceptors (Lipinski definition) is 3. The number of hydrogen-bond donors (Lipinski definition) is 2. The summed E-state index contributed by atoms with van der Waals surface area (Å²) in [6.07, 6.45) is 0. The van der Waals surface area contributed by atoms with Crippen LogP contribution < -0.4 is 11.1 Å². The molecule has 3 N–H and O–H groups in total. The highest BCUT2D eigenvalue weighted by atomic mass is 79.9. The van der Waals surface area contributed by atoms with Crippen LogP contribution in [0.25, 0.3) is 0 Å². The number of rotatable bonds is 4. The van der Waals surface area contributed by atoms with Crippen molar-refractivity contribution < 1.29 is 9.53 Å². The molecule has 2 aromatic carbocycles. The first-order valence-corrected chi connectivity index (χ1v) is 7.74. The van der Waals surface area contributed by atoms with Gasteiger partial charge in [0.1, 0.15) is 0 Å². The van der Waals surface area contributed by atoms with Crippen molar-refractivity contribution in [2.24, 2.45) is 0 Å². The van der Waals surface area contributed by atoms with Gasteiger partial charge in [0.05, 0.1) is 12.2 Å². The molecular weight excluding hydrogens is 400 g/mol. The first-order valence-electron chi connectivity index (χ1n) is 6.15. The molecule has 0 aliphatic rings. The maximum absolute atomic E-state index is 12.4. The minimum absolute atomic E-state index is 0.232. The smallest absolute Gasteiger partial charge is 0.256 e. The predicted octanol–water partition coefficient (Wildman–Crippen LogP) is 4.19. The predicted molar refractivity (Wildman–Crippen MR) is 91.4 cm³/mol. The van der Waals surface area contributed by atoms with E-state index in [9.17, 15) is 4.79 Å². The summed E-state index contributed by atoms with van der Waals surface area (Å²) >= 11 is 6.82. The molecule has 4 nitrogen and oxygen atoms in total. The number of anilines is 2. The number of nitrogens with one attached hydrogen (secondary N) is 1. The van der Waals surface area contributed by atoms with E-state index < -0.39 is 0 Å². The van der Waals surface area contributed by atoms with Crippen LogP contribution in [0.1, 0.15) is 15.9 Å². The third-order valence-corrected chi connectivity index (χ3v) is 4.33. The number of methoxy groups -OCH3 is 1. The fourth-order valence-electron chi connectivity index (χ4n) is 1.87. The summed E-state index contributed by atoms with van der Waals surface area (Å²) in [6, 6.07) is 10.7. The molecule has 2 aromatic rings. The van der Waals surface area contributed by atoms with E-state index in [0.717, 1.165) is 10.0 Å². The summed E-state index contributed by atoms with van der Waals surface area (Å²) in [5.74, 6) is -0.232. The number of benzene rings is 2. The molecule has 21 heavy (non-hydrogen) atoms. The zero-order valence-corrected chi connectivity index (χ0v) is 14.5. The average Bonchev–Trinajstić information content (AvgIpc) is 2.45. The van der Waals surface area contributed by atoms with Crippen LogP contribution in [0.4, 0.5) is 11.4 Å². The van der Waals surface area contributed by atoms with Gasteiger partial charge in [-0.15, -0.1) is 0 Å². The van der Waals surface area contributed by atoms with E-state index in [2.05, 4.69) is 37.2 Å². The second kappa shape index (κ2) is 7.06. The SMILES string of the molecule is COCc1c(Br)cccc1NC(=O)c1cc(N)ccc1Br. The van der Waals surface area contributed by atoms with E-state index in [0.29, 0.717) is 28.0 Å². The number of halogens is 2. The minimum atomic E-state index is -0.232. The molecule has 0 saturated carbocycles. The third kappa shape index (κ3) is 3.84. The Bertz CT molecular complexity index is 675. The molecule has 0 fully saturated rings. The first kappa shape index (κ1) is 16.0. The molecular formula is C15H14Br2N2O2. The van der Waals surface area contributed by atoms with Crippen LogP contribution in [0.2, 0.25) is 0 Å². The van der Waals surface area contributed by atoms with Crippen LogP contribution >= 0.6 is 31.9 Å². The maximum Gasteiger partial charge on any atom is 0.256 e. The molecule has 0 atom stereocenters. The van der Waals surface area contributed by atoms with Gasteiger partial charge < -0.3 is 15.8 Å². The van der Waals surface area contributed by atoms with Crippen molar-refractivity contribution in [1.82, 2.24) is 0 Å². The van der Waals surface area contributed by atoms with Gasteiger partial charge in [-0.1, -0.05) is 22.0 Å². The summed E-state index contributed by atoms with van der Waals surface area (Å²) < 4.78 is 6.74. The third-order valence-electron chi connectivity index (χ3n) is 2.89. The van der Waals surface area contributed by atoms with E-state index >= 15 is 0 Å². The number of ether oxygens (including phenoxy) is 1. The monoisotopic (exact) mass is 412 g/mol. The molecule has 0 aliphatic heterocycles. The Balaban J connectivity index is 2.31. The molecule has 6 heteroatoms. The summed E-state index contributed by atoms with van der Waals surface area (Å²) in [5.41, 5.74) is 8.34. The highest BCUT2D eigenvalue weighted by molar-refractivity contribution is 9.10. The van der Waals surface area contributed by atoms with Crippen molar-refractivity contribution in [3.05, 3.63) is 56.5 Å². The van der Waals surface area contributed by atoms with E-state index in [-0.39, 0.29) is 5.91 Å². The van der Waals surface area contributed by atoms with Gasteiger partial charge in [0.2, 0.25) is 0 Å². The minimum Gasteiger partial charge on any atom is -0.399 e. The summed E-state index contributed by atoms with van der Waals surface area (Å²) in [5, 5.41) is 2.89. The molecule has 0 heterocycles. The maximum atomic E-state index is 12.4. The number of nitrogen functional groups attached to an aromatic ring is 1. The van der Waals surface area contributed by atoms with Gasteiger partial charge in [0.15, 0.2) is 0 Å². The van der Waals surface area contributed by atoms with Crippen LogP contribution in [0.15, 0.2) is 45.3 Å². The van der Waals surface area contributed by atoms with E-state index in [1.54, 1.807) is 25.3 Å². The second-order valence-corrected chi connectivity index (χ2v) is 6.10. The Labute approximate surface area is 139 Å². The van der Waals surface area contributed by atoms with Crippen LogP contribution in [0, 0.1) is 0 Å². The number of carbonyl (C=O) groups is 1. The van der Waals surface area contributed by atoms with Gasteiger partial charge in [-0.25, -0.2) is 0 Å². The van der Waals surface area contributed by atoms with Crippen molar-refractivity contribution >= 4 is 49.1 Å². The Morgan fingerprint density at radius 1 is 1.24 bits per heavy atom. The highest BCUT2D eigenvalue weighted by Crippen LogP contribution is 2.27. The van der Waals surface area contributed by atoms with Crippen molar-refractivity contribution in [3.63, 3.8) is 0 Å². The van der Waals surface area contributed by atoms with Crippen molar-refractivity contribution in [1.29, 1.82) is 0 Å². The molecule has 0 aliphatic carbocycles. The van der Waals surface area contributed by atoms with Crippen molar-refractivity contribution in [2.75, 3.05) is 18.2 Å². The average molecular weight is 414 g/mol. The van der Waals surface area contributed by atoms with Crippen molar-refractivity contribution in [2.45, 2.75) is 6.61 Å². The van der Waals surface area contributed by atoms with Crippen LogP contribution in [-0.4, -0.2) is 13.0 Å². The quantitative estimate of drug-likeness (QED) is 0.738. The fourth-order valence-corrected chi connectivity index (χ4v) is 2.78. The topological polar surface area (TPSA) is 64.3 Å². The molecule has 0 aromatic heterocycles. The molecule has 0 spiro atoms. The lowest BCUT2D eigenvalue weighted by Gasteiger charge is -2.13. The lowest BCUT2D eigenvalue weighted by Crippen LogP contribution is -2.14. The normalized spacial score (nSPS) is 10.4. The Kier molecular flexibility index (Phi) is 5.39. The Morgan fingerprint density at radius 2 is 2.00 bits per heavy atom. The summed E-state index contributed by atoms with van der Waals surface area (Å²) in [4.78, 5) is 12.4. The standard InChI is InChI=1S/C15H14Br2N2O2/c1-21-8-11-12(16)3-2-4-14(11)19-15(20)10-7-9(18)5-6-13(10)17/h2-7H,8,18H2,1H3,(H,19,20). The lowest BCUT2D eigenvalue weighted by molar-refractivity contribution is 0.102. The molecule has 0 unspecified atom stereocenters. The highest BCUT2D eigenvalue weighted by Gasteiger charge is 2.14. The van der Waals surface area contributed by atoms with Gasteiger partial charge >= 0.3 is 0 Å². The van der Waals surface area contributed by atoms with Gasteiger partial charge in [0.25, 0.3) is 5.91 Å². The molecule has 0 bridgehead atoms. The zero-order chi connectivity index (χ0) is 15.4. The van der Waals surface area contributed by atoms with Gasteiger partial charge in [-0.3, -0.25) is 4.79 Å². The Morgan fingerprint density at radius 3 is 2.71 bits per heavy atom. The van der Waals surface area contributed by atoms with Crippen LogP contribution in [0.5, 0.6) is 0 Å². The Hall–Kier alpha value is -1.37. The second-order valence-electron chi connectivity index (χ2n) is 4.39. The first-order chi connectivity index (χ1) is 10.0. The van der Waals surface area contributed by atoms with Crippen molar-refractivity contribution in [3.8, 4) is 0 Å². The lowest BCUT2D eigenvalue weighted by atomic mass is 10.1. The van der Waals surface area contributed by atoms with E-state index in [1.165, 1.54) is 0 Å². The number of amides is 1. The van der Waals surface area contributed by atoms with Gasteiger partial charge in [0, 0.05) is 33.0 Å². The van der Waals surface area contributed by atoms with Crippen LogP contribution in [0.3, 0.4) is 0 Å². The zero-order valence-electron chi connectivity index (χ0n) is 11.3. The van der Waals surface area contributed by atoms with Crippen LogP contribution in [-0.2, 0) is 11.3 Å². The van der Waals surface area contributed by atoms with E-state index in [1.807, 2.05) is 18.2 Å². The van der Waals surface area contributed by atoms with E-state index in [4.69, 9.17) is 10.5 Å². The summed E-state index contributed by atoms with van der Waals surface area (Å²) in [7, 11) is 1.61. The molecule has 1 amide bonds. The summed E-state index contributed by atoms with van der Waals surface area (Å²) in [6.45, 7) is 0.398. The fraction of sp³-hybridized carbons (Fsp3) is 0.133. The molecule has 0 radical (unpaired) electrons. The molecule has 0 saturated heterocycles.